The van der Waals surface area contributed by atoms with Crippen LogP contribution < -0.4 is 10.6 Å². The van der Waals surface area contributed by atoms with Crippen molar-refractivity contribution < 1.29 is 39.2 Å². The molecule has 0 saturated heterocycles. The molecule has 2 aromatic carbocycles. The molecule has 170 valence electrons. The summed E-state index contributed by atoms with van der Waals surface area (Å²) in [6.45, 7) is -0.0570. The van der Waals surface area contributed by atoms with E-state index in [2.05, 4.69) is 10.6 Å². The number of carbonyl (C=O) groups is 4. The van der Waals surface area contributed by atoms with Gasteiger partial charge in [0.05, 0.1) is 0 Å². The number of phenolic OH excluding ortho intramolecular Hbond substituents is 1. The molecular formula is C22H24N2O8. The number of carbonyl (C=O) groups excluding carboxylic acids is 2. The second-order valence-corrected chi connectivity index (χ2v) is 6.96. The number of phenols is 1. The normalized spacial score (nSPS) is 12.2. The highest BCUT2D eigenvalue weighted by Gasteiger charge is 2.27. The average molecular weight is 444 g/mol. The van der Waals surface area contributed by atoms with E-state index in [4.69, 9.17) is 9.84 Å². The monoisotopic (exact) mass is 444 g/mol. The van der Waals surface area contributed by atoms with Crippen molar-refractivity contribution in [3.8, 4) is 5.75 Å². The number of aliphatic carboxylic acids is 2. The maximum atomic E-state index is 12.6. The van der Waals surface area contributed by atoms with E-state index in [0.29, 0.717) is 11.1 Å². The molecule has 0 fully saturated rings. The van der Waals surface area contributed by atoms with Crippen LogP contribution in [0, 0.1) is 0 Å². The molecule has 0 aliphatic carbocycles. The number of aromatic hydroxyl groups is 1. The summed E-state index contributed by atoms with van der Waals surface area (Å²) in [5, 5.41) is 32.3. The zero-order valence-electron chi connectivity index (χ0n) is 17.1. The average Bonchev–Trinajstić information content (AvgIpc) is 2.76. The van der Waals surface area contributed by atoms with Gasteiger partial charge in [-0.3, -0.25) is 9.59 Å². The summed E-state index contributed by atoms with van der Waals surface area (Å²) in [5.41, 5.74) is 1.27. The zero-order chi connectivity index (χ0) is 23.5. The molecular weight excluding hydrogens is 420 g/mol. The van der Waals surface area contributed by atoms with Crippen molar-refractivity contribution in [1.29, 1.82) is 0 Å². The van der Waals surface area contributed by atoms with Crippen molar-refractivity contribution in [3.05, 3.63) is 65.7 Å². The Morgan fingerprint density at radius 1 is 0.844 bits per heavy atom. The number of hydrogen-bond acceptors (Lipinski definition) is 6. The number of carboxylic acid groups (broad SMARTS) is 2. The van der Waals surface area contributed by atoms with Gasteiger partial charge in [-0.25, -0.2) is 9.59 Å². The lowest BCUT2D eigenvalue weighted by Crippen LogP contribution is -2.52. The van der Waals surface area contributed by atoms with E-state index >= 15 is 0 Å². The molecule has 0 saturated carbocycles. The number of benzene rings is 2. The van der Waals surface area contributed by atoms with Crippen LogP contribution in [0.25, 0.3) is 0 Å². The van der Waals surface area contributed by atoms with Crippen LogP contribution in [0.5, 0.6) is 5.75 Å². The van der Waals surface area contributed by atoms with Gasteiger partial charge in [0.15, 0.2) is 0 Å². The molecule has 0 heterocycles. The van der Waals surface area contributed by atoms with Crippen LogP contribution in [0.3, 0.4) is 0 Å². The van der Waals surface area contributed by atoms with Gasteiger partial charge < -0.3 is 30.7 Å². The van der Waals surface area contributed by atoms with Crippen molar-refractivity contribution in [1.82, 2.24) is 10.6 Å². The summed E-state index contributed by atoms with van der Waals surface area (Å²) in [4.78, 5) is 47.3. The SMILES string of the molecule is O=C(O)CC[C@@H](NC(=O)OCc1ccccc1)C(=O)N[C@H](Cc1ccc(O)cc1)C(=O)O. The highest BCUT2D eigenvalue weighted by atomic mass is 16.5. The van der Waals surface area contributed by atoms with Crippen molar-refractivity contribution in [2.45, 2.75) is 38.0 Å². The van der Waals surface area contributed by atoms with Crippen LogP contribution in [-0.2, 0) is 32.1 Å². The lowest BCUT2D eigenvalue weighted by Gasteiger charge is -2.21. The van der Waals surface area contributed by atoms with Crippen LogP contribution in [0.2, 0.25) is 0 Å². The summed E-state index contributed by atoms with van der Waals surface area (Å²) >= 11 is 0. The summed E-state index contributed by atoms with van der Waals surface area (Å²) in [5.74, 6) is -3.33. The first kappa shape index (κ1) is 24.2. The Labute approximate surface area is 183 Å². The first-order chi connectivity index (χ1) is 15.2. The topological polar surface area (TPSA) is 162 Å². The number of amides is 2. The molecule has 0 spiro atoms. The van der Waals surface area contributed by atoms with Gasteiger partial charge in [-0.15, -0.1) is 0 Å². The molecule has 0 radical (unpaired) electrons. The molecule has 0 bridgehead atoms. The predicted octanol–water partition coefficient (Wildman–Crippen LogP) is 1.66. The van der Waals surface area contributed by atoms with Gasteiger partial charge in [0.25, 0.3) is 0 Å². The van der Waals surface area contributed by atoms with Gasteiger partial charge in [0.1, 0.15) is 24.4 Å². The van der Waals surface area contributed by atoms with Crippen LogP contribution >= 0.6 is 0 Å². The minimum absolute atomic E-state index is 0.0108. The largest absolute Gasteiger partial charge is 0.508 e. The number of hydrogen-bond donors (Lipinski definition) is 5. The number of alkyl carbamates (subject to hydrolysis) is 1. The minimum Gasteiger partial charge on any atom is -0.508 e. The standard InChI is InChI=1S/C22H24N2O8/c25-16-8-6-14(7-9-16)12-18(21(29)30)23-20(28)17(10-11-19(26)27)24-22(31)32-13-15-4-2-1-3-5-15/h1-9,17-18,25H,10-13H2,(H,23,28)(H,24,31)(H,26,27)(H,29,30)/t17-,18-/m1/s1. The van der Waals surface area contributed by atoms with Crippen molar-refractivity contribution in [2.75, 3.05) is 0 Å². The minimum atomic E-state index is -1.33. The predicted molar refractivity (Wildman–Crippen MR) is 112 cm³/mol. The van der Waals surface area contributed by atoms with Gasteiger partial charge in [0.2, 0.25) is 5.91 Å². The van der Waals surface area contributed by atoms with E-state index in [1.165, 1.54) is 24.3 Å². The van der Waals surface area contributed by atoms with Crippen LogP contribution in [0.15, 0.2) is 54.6 Å². The van der Waals surface area contributed by atoms with Gasteiger partial charge in [0, 0.05) is 12.8 Å². The number of ether oxygens (including phenoxy) is 1. The Kier molecular flexibility index (Phi) is 9.03. The maximum Gasteiger partial charge on any atom is 0.408 e. The number of rotatable bonds is 11. The quantitative estimate of drug-likeness (QED) is 0.349. The first-order valence-electron chi connectivity index (χ1n) is 9.74. The molecule has 0 unspecified atom stereocenters. The summed E-state index contributed by atoms with van der Waals surface area (Å²) in [6, 6.07) is 12.0. The van der Waals surface area contributed by atoms with E-state index in [-0.39, 0.29) is 25.2 Å². The smallest absolute Gasteiger partial charge is 0.408 e. The second-order valence-electron chi connectivity index (χ2n) is 6.96. The lowest BCUT2D eigenvalue weighted by atomic mass is 10.0. The van der Waals surface area contributed by atoms with E-state index in [0.717, 1.165) is 0 Å². The summed E-state index contributed by atoms with van der Waals surface area (Å²) in [6.07, 6.45) is -1.70. The zero-order valence-corrected chi connectivity index (χ0v) is 17.1. The van der Waals surface area contributed by atoms with Crippen LogP contribution in [0.1, 0.15) is 24.0 Å². The van der Waals surface area contributed by atoms with Gasteiger partial charge in [-0.05, 0) is 29.7 Å². The summed E-state index contributed by atoms with van der Waals surface area (Å²) in [7, 11) is 0. The molecule has 2 aromatic rings. The third-order valence-corrected chi connectivity index (χ3v) is 4.46. The van der Waals surface area contributed by atoms with E-state index in [1.807, 2.05) is 0 Å². The Hall–Kier alpha value is -4.08. The molecule has 10 nitrogen and oxygen atoms in total. The summed E-state index contributed by atoms with van der Waals surface area (Å²) < 4.78 is 5.06. The third kappa shape index (κ3) is 8.34. The Balaban J connectivity index is 2.01. The fourth-order valence-electron chi connectivity index (χ4n) is 2.78. The van der Waals surface area contributed by atoms with Crippen molar-refractivity contribution in [3.63, 3.8) is 0 Å². The van der Waals surface area contributed by atoms with Crippen molar-refractivity contribution in [2.24, 2.45) is 0 Å². The third-order valence-electron chi connectivity index (χ3n) is 4.46. The van der Waals surface area contributed by atoms with E-state index in [1.54, 1.807) is 30.3 Å². The van der Waals surface area contributed by atoms with Gasteiger partial charge in [-0.1, -0.05) is 42.5 Å². The molecule has 2 amide bonds. The fourth-order valence-corrected chi connectivity index (χ4v) is 2.78. The Morgan fingerprint density at radius 3 is 2.09 bits per heavy atom. The molecule has 0 aromatic heterocycles. The Morgan fingerprint density at radius 2 is 1.50 bits per heavy atom. The fraction of sp³-hybridized carbons (Fsp3) is 0.273. The van der Waals surface area contributed by atoms with E-state index < -0.39 is 42.4 Å². The molecule has 5 N–H and O–H groups in total. The molecule has 32 heavy (non-hydrogen) atoms. The second kappa shape index (κ2) is 11.9. The maximum absolute atomic E-state index is 12.6. The van der Waals surface area contributed by atoms with Gasteiger partial charge in [-0.2, -0.15) is 0 Å². The molecule has 0 aliphatic heterocycles. The van der Waals surface area contributed by atoms with Gasteiger partial charge >= 0.3 is 18.0 Å². The van der Waals surface area contributed by atoms with Crippen LogP contribution in [-0.4, -0.2) is 51.3 Å². The van der Waals surface area contributed by atoms with Crippen molar-refractivity contribution >= 4 is 23.9 Å². The highest BCUT2D eigenvalue weighted by molar-refractivity contribution is 5.89. The molecule has 2 atom stereocenters. The highest BCUT2D eigenvalue weighted by Crippen LogP contribution is 2.12. The van der Waals surface area contributed by atoms with E-state index in [9.17, 15) is 29.4 Å². The lowest BCUT2D eigenvalue weighted by molar-refractivity contribution is -0.142. The molecule has 10 heteroatoms. The number of carboxylic acids is 2. The molecule has 2 rings (SSSR count). The first-order valence-corrected chi connectivity index (χ1v) is 9.74. The van der Waals surface area contributed by atoms with Crippen LogP contribution in [0.4, 0.5) is 4.79 Å². The Bertz CT molecular complexity index is 931. The number of nitrogens with one attached hydrogen (secondary N) is 2. The molecule has 0 aliphatic rings.